The van der Waals surface area contributed by atoms with Gasteiger partial charge in [-0.15, -0.1) is 0 Å². The van der Waals surface area contributed by atoms with E-state index in [2.05, 4.69) is 4.98 Å². The van der Waals surface area contributed by atoms with Crippen LogP contribution in [0.4, 0.5) is 18.9 Å². The Labute approximate surface area is 95.8 Å². The number of pyridine rings is 1. The second-order valence-corrected chi connectivity index (χ2v) is 3.87. The molecule has 17 heavy (non-hydrogen) atoms. The van der Waals surface area contributed by atoms with Gasteiger partial charge in [-0.3, -0.25) is 9.78 Å². The fraction of sp³-hybridized carbons (Fsp3) is 0.400. The molecule has 0 aliphatic rings. The van der Waals surface area contributed by atoms with Crippen LogP contribution in [0.1, 0.15) is 12.5 Å². The number of nitrogen functional groups attached to an aromatic ring is 1. The largest absolute Gasteiger partial charge is 0.413 e. The van der Waals surface area contributed by atoms with Crippen molar-refractivity contribution in [1.82, 2.24) is 4.98 Å². The molecule has 1 aromatic heterocycles. The molecule has 4 N–H and O–H groups in total. The number of nitrogens with zero attached hydrogens (tertiary/aromatic N) is 1. The summed E-state index contributed by atoms with van der Waals surface area (Å²) in [6, 6.07) is 1.41. The lowest BCUT2D eigenvalue weighted by Gasteiger charge is -2.26. The third-order valence-electron chi connectivity index (χ3n) is 2.46. The quantitative estimate of drug-likeness (QED) is 0.836. The Morgan fingerprint density at radius 2 is 2.06 bits per heavy atom. The van der Waals surface area contributed by atoms with Gasteiger partial charge in [0.2, 0.25) is 0 Å². The van der Waals surface area contributed by atoms with Gasteiger partial charge in [-0.2, -0.15) is 13.2 Å². The zero-order chi connectivity index (χ0) is 13.3. The fourth-order valence-corrected chi connectivity index (χ4v) is 1.10. The molecule has 94 valence electrons. The maximum absolute atomic E-state index is 12.5. The molecule has 0 aliphatic carbocycles. The van der Waals surface area contributed by atoms with Gasteiger partial charge in [0.1, 0.15) is 0 Å². The van der Waals surface area contributed by atoms with Crippen molar-refractivity contribution in [2.45, 2.75) is 25.1 Å². The van der Waals surface area contributed by atoms with Crippen LogP contribution in [0.3, 0.4) is 0 Å². The van der Waals surface area contributed by atoms with E-state index in [-0.39, 0.29) is 11.3 Å². The Kier molecular flexibility index (Phi) is 3.42. The number of carbonyl (C=O) groups is 1. The molecule has 0 radical (unpaired) electrons. The average molecular weight is 247 g/mol. The molecule has 0 aromatic carbocycles. The molecule has 0 aliphatic heterocycles. The van der Waals surface area contributed by atoms with Crippen LogP contribution in [-0.4, -0.2) is 22.5 Å². The first-order valence-electron chi connectivity index (χ1n) is 4.73. The van der Waals surface area contributed by atoms with E-state index >= 15 is 0 Å². The number of nitrogens with two attached hydrogens (primary N) is 2. The topological polar surface area (TPSA) is 82.0 Å². The van der Waals surface area contributed by atoms with Crippen molar-refractivity contribution in [3.05, 3.63) is 24.0 Å². The van der Waals surface area contributed by atoms with Gasteiger partial charge in [-0.25, -0.2) is 0 Å². The lowest BCUT2D eigenvalue weighted by Crippen LogP contribution is -2.57. The van der Waals surface area contributed by atoms with Crippen molar-refractivity contribution in [3.63, 3.8) is 0 Å². The SMILES string of the molecule is CC(N)(C(=O)Cc1cnccc1N)C(F)(F)F. The monoisotopic (exact) mass is 247 g/mol. The van der Waals surface area contributed by atoms with Crippen LogP contribution < -0.4 is 11.5 Å². The number of aromatic nitrogens is 1. The first-order valence-corrected chi connectivity index (χ1v) is 4.73. The standard InChI is InChI=1S/C10H12F3N3O/c1-9(15,10(11,12)13)8(17)4-6-5-16-3-2-7(6)14/h2-3,5H,4,15H2,1H3,(H2,14,16). The predicted octanol–water partition coefficient (Wildman–Crippen LogP) is 1.06. The van der Waals surface area contributed by atoms with Crippen LogP contribution in [0.2, 0.25) is 0 Å². The summed E-state index contributed by atoms with van der Waals surface area (Å²) in [5.41, 5.74) is 8.08. The average Bonchev–Trinajstić information content (AvgIpc) is 2.19. The summed E-state index contributed by atoms with van der Waals surface area (Å²) in [4.78, 5) is 15.2. The van der Waals surface area contributed by atoms with Crippen LogP contribution in [0.15, 0.2) is 18.5 Å². The minimum absolute atomic E-state index is 0.214. The maximum Gasteiger partial charge on any atom is 0.413 e. The number of halogens is 3. The zero-order valence-corrected chi connectivity index (χ0v) is 9.08. The molecule has 0 bridgehead atoms. The molecule has 4 nitrogen and oxygen atoms in total. The molecule has 1 heterocycles. The molecule has 0 saturated carbocycles. The van der Waals surface area contributed by atoms with Gasteiger partial charge in [0.05, 0.1) is 0 Å². The Hall–Kier alpha value is -1.63. The van der Waals surface area contributed by atoms with Crippen LogP contribution in [0.5, 0.6) is 0 Å². The van der Waals surface area contributed by atoms with E-state index in [0.717, 1.165) is 0 Å². The highest BCUT2D eigenvalue weighted by atomic mass is 19.4. The number of ketones is 1. The van der Waals surface area contributed by atoms with Gasteiger partial charge in [0.25, 0.3) is 0 Å². The number of hydrogen-bond donors (Lipinski definition) is 2. The number of rotatable bonds is 3. The van der Waals surface area contributed by atoms with Gasteiger partial charge in [-0.1, -0.05) is 0 Å². The molecule has 0 fully saturated rings. The Morgan fingerprint density at radius 3 is 2.53 bits per heavy atom. The van der Waals surface area contributed by atoms with Crippen molar-refractivity contribution in [2.75, 3.05) is 5.73 Å². The van der Waals surface area contributed by atoms with Gasteiger partial charge >= 0.3 is 6.18 Å². The molecular formula is C10H12F3N3O. The summed E-state index contributed by atoms with van der Waals surface area (Å²) >= 11 is 0. The van der Waals surface area contributed by atoms with E-state index in [9.17, 15) is 18.0 Å². The lowest BCUT2D eigenvalue weighted by atomic mass is 9.92. The molecular weight excluding hydrogens is 235 g/mol. The fourth-order valence-electron chi connectivity index (χ4n) is 1.10. The van der Waals surface area contributed by atoms with Crippen LogP contribution in [0, 0.1) is 0 Å². The van der Waals surface area contributed by atoms with Gasteiger partial charge in [0, 0.05) is 30.1 Å². The summed E-state index contributed by atoms with van der Waals surface area (Å²) in [6.07, 6.45) is -2.65. The maximum atomic E-state index is 12.5. The van der Waals surface area contributed by atoms with Crippen molar-refractivity contribution in [2.24, 2.45) is 5.73 Å². The highest BCUT2D eigenvalue weighted by Crippen LogP contribution is 2.29. The molecule has 7 heteroatoms. The minimum atomic E-state index is -4.79. The van der Waals surface area contributed by atoms with E-state index in [1.165, 1.54) is 18.5 Å². The number of anilines is 1. The Morgan fingerprint density at radius 1 is 1.47 bits per heavy atom. The summed E-state index contributed by atoms with van der Waals surface area (Å²) in [6.45, 7) is 0.641. The van der Waals surface area contributed by atoms with Crippen molar-refractivity contribution < 1.29 is 18.0 Å². The second-order valence-electron chi connectivity index (χ2n) is 3.87. The van der Waals surface area contributed by atoms with E-state index < -0.39 is 23.9 Å². The third kappa shape index (κ3) is 2.73. The van der Waals surface area contributed by atoms with Crippen LogP contribution in [0.25, 0.3) is 0 Å². The van der Waals surface area contributed by atoms with E-state index in [1.807, 2.05) is 0 Å². The summed E-state index contributed by atoms with van der Waals surface area (Å²) in [7, 11) is 0. The van der Waals surface area contributed by atoms with Gasteiger partial charge in [0.15, 0.2) is 11.3 Å². The summed E-state index contributed by atoms with van der Waals surface area (Å²) in [5, 5.41) is 0. The Bertz CT molecular complexity index is 429. The highest BCUT2D eigenvalue weighted by molar-refractivity contribution is 5.91. The van der Waals surface area contributed by atoms with Crippen molar-refractivity contribution in [1.29, 1.82) is 0 Å². The van der Waals surface area contributed by atoms with Crippen LogP contribution in [-0.2, 0) is 11.2 Å². The molecule has 0 spiro atoms. The van der Waals surface area contributed by atoms with Crippen LogP contribution >= 0.6 is 0 Å². The number of carbonyl (C=O) groups excluding carboxylic acids is 1. The lowest BCUT2D eigenvalue weighted by molar-refractivity contribution is -0.185. The van der Waals surface area contributed by atoms with Crippen molar-refractivity contribution in [3.8, 4) is 0 Å². The predicted molar refractivity (Wildman–Crippen MR) is 56.0 cm³/mol. The zero-order valence-electron chi connectivity index (χ0n) is 9.08. The van der Waals surface area contributed by atoms with Gasteiger partial charge in [-0.05, 0) is 13.0 Å². The first kappa shape index (κ1) is 13.4. The molecule has 0 amide bonds. The Balaban J connectivity index is 2.91. The van der Waals surface area contributed by atoms with Gasteiger partial charge < -0.3 is 11.5 Å². The number of hydrogen-bond acceptors (Lipinski definition) is 4. The first-order chi connectivity index (χ1) is 7.66. The third-order valence-corrected chi connectivity index (χ3v) is 2.46. The molecule has 1 rings (SSSR count). The summed E-state index contributed by atoms with van der Waals surface area (Å²) < 4.78 is 37.5. The molecule has 1 aromatic rings. The molecule has 1 unspecified atom stereocenters. The molecule has 1 atom stereocenters. The van der Waals surface area contributed by atoms with E-state index in [0.29, 0.717) is 6.92 Å². The smallest absolute Gasteiger partial charge is 0.398 e. The molecule has 0 saturated heterocycles. The number of alkyl halides is 3. The van der Waals surface area contributed by atoms with Crippen molar-refractivity contribution >= 4 is 11.5 Å². The highest BCUT2D eigenvalue weighted by Gasteiger charge is 2.53. The normalized spacial score (nSPS) is 15.4. The minimum Gasteiger partial charge on any atom is -0.398 e. The van der Waals surface area contributed by atoms with E-state index in [4.69, 9.17) is 11.5 Å². The summed E-state index contributed by atoms with van der Waals surface area (Å²) in [5.74, 6) is -1.15. The second kappa shape index (κ2) is 4.33. The number of Topliss-reactive ketones (excluding diaryl/α,β-unsaturated/α-hetero) is 1. The van der Waals surface area contributed by atoms with E-state index in [1.54, 1.807) is 0 Å².